The van der Waals surface area contributed by atoms with E-state index < -0.39 is 23.7 Å². The van der Waals surface area contributed by atoms with Gasteiger partial charge in [-0.2, -0.15) is 0 Å². The van der Waals surface area contributed by atoms with Crippen molar-refractivity contribution >= 4 is 11.9 Å². The second-order valence-electron chi connectivity index (χ2n) is 4.87. The molecule has 0 radical (unpaired) electrons. The van der Waals surface area contributed by atoms with E-state index in [4.69, 9.17) is 14.4 Å². The van der Waals surface area contributed by atoms with Gasteiger partial charge in [0, 0.05) is 12.1 Å². The Morgan fingerprint density at radius 3 is 2.87 bits per heavy atom. The van der Waals surface area contributed by atoms with Crippen LogP contribution in [0, 0.1) is 5.82 Å². The van der Waals surface area contributed by atoms with Gasteiger partial charge in [0.25, 0.3) is 5.91 Å². The Kier molecular flexibility index (Phi) is 5.29. The molecule has 0 aliphatic rings. The molecular weight excluding hydrogens is 307 g/mol. The fraction of sp³-hybridized carbons (Fsp3) is 0.267. The van der Waals surface area contributed by atoms with Crippen LogP contribution in [0.2, 0.25) is 0 Å². The summed E-state index contributed by atoms with van der Waals surface area (Å²) in [5, 5.41) is 14.7. The minimum atomic E-state index is -1.02. The number of hydrogen-bond acceptors (Lipinski definition) is 5. The third-order valence-electron chi connectivity index (χ3n) is 2.86. The summed E-state index contributed by atoms with van der Waals surface area (Å²) in [5.41, 5.74) is -0.00521. The Morgan fingerprint density at radius 1 is 1.43 bits per heavy atom. The lowest BCUT2D eigenvalue weighted by Gasteiger charge is -2.09. The molecule has 122 valence electrons. The van der Waals surface area contributed by atoms with Crippen molar-refractivity contribution < 1.29 is 28.3 Å². The number of hydrogen-bond donors (Lipinski definition) is 2. The van der Waals surface area contributed by atoms with E-state index in [0.29, 0.717) is 0 Å². The molecule has 2 rings (SSSR count). The minimum Gasteiger partial charge on any atom is -0.482 e. The average Bonchev–Trinajstić information content (AvgIpc) is 2.94. The summed E-state index contributed by atoms with van der Waals surface area (Å²) >= 11 is 0. The van der Waals surface area contributed by atoms with Gasteiger partial charge in [0.1, 0.15) is 6.61 Å². The molecule has 0 aliphatic carbocycles. The first-order valence-electron chi connectivity index (χ1n) is 6.81. The van der Waals surface area contributed by atoms with E-state index in [1.54, 1.807) is 13.0 Å². The molecule has 1 aromatic heterocycles. The van der Waals surface area contributed by atoms with Crippen LogP contribution in [0.15, 0.2) is 34.9 Å². The summed E-state index contributed by atoms with van der Waals surface area (Å²) in [5.74, 6) is -1.78. The van der Waals surface area contributed by atoms with Crippen LogP contribution in [-0.2, 0) is 11.4 Å². The van der Waals surface area contributed by atoms with Crippen LogP contribution in [0.1, 0.15) is 29.6 Å². The Bertz CT molecular complexity index is 701. The zero-order valence-corrected chi connectivity index (χ0v) is 12.3. The van der Waals surface area contributed by atoms with Gasteiger partial charge in [-0.25, -0.2) is 4.39 Å². The maximum atomic E-state index is 13.4. The molecule has 0 spiro atoms. The molecule has 1 amide bonds. The smallest absolute Gasteiger partial charge is 0.305 e. The van der Waals surface area contributed by atoms with Crippen LogP contribution in [0.5, 0.6) is 5.75 Å². The molecule has 0 saturated carbocycles. The number of amides is 1. The minimum absolute atomic E-state index is 0.00521. The maximum absolute atomic E-state index is 13.4. The van der Waals surface area contributed by atoms with Crippen LogP contribution in [0.4, 0.5) is 4.39 Å². The average molecular weight is 322 g/mol. The molecule has 2 aromatic rings. The van der Waals surface area contributed by atoms with E-state index in [9.17, 15) is 14.0 Å². The summed E-state index contributed by atoms with van der Waals surface area (Å²) in [6.45, 7) is 1.47. The molecule has 0 saturated heterocycles. The van der Waals surface area contributed by atoms with E-state index in [-0.39, 0.29) is 30.2 Å². The second kappa shape index (κ2) is 7.39. The van der Waals surface area contributed by atoms with E-state index in [1.807, 2.05) is 0 Å². The molecule has 1 atom stereocenters. The molecule has 0 fully saturated rings. The summed E-state index contributed by atoms with van der Waals surface area (Å²) in [6.07, 6.45) is -0.202. The molecule has 23 heavy (non-hydrogen) atoms. The van der Waals surface area contributed by atoms with Crippen LogP contribution < -0.4 is 10.1 Å². The van der Waals surface area contributed by atoms with Crippen LogP contribution in [0.3, 0.4) is 0 Å². The van der Waals surface area contributed by atoms with Crippen LogP contribution >= 0.6 is 0 Å². The number of para-hydroxylation sites is 1. The normalized spacial score (nSPS) is 11.7. The number of nitrogens with zero attached hydrogens (tertiary/aromatic N) is 1. The van der Waals surface area contributed by atoms with Gasteiger partial charge in [0.2, 0.25) is 0 Å². The number of carboxylic acids is 1. The Hall–Kier alpha value is -2.90. The van der Waals surface area contributed by atoms with Crippen molar-refractivity contribution in [2.24, 2.45) is 0 Å². The number of halogens is 1. The van der Waals surface area contributed by atoms with E-state index in [1.165, 1.54) is 24.3 Å². The van der Waals surface area contributed by atoms with Gasteiger partial charge < -0.3 is 19.7 Å². The van der Waals surface area contributed by atoms with Crippen molar-refractivity contribution in [2.75, 3.05) is 0 Å². The monoisotopic (exact) mass is 322 g/mol. The highest BCUT2D eigenvalue weighted by molar-refractivity contribution is 5.92. The molecule has 8 heteroatoms. The molecule has 1 heterocycles. The Labute approximate surface area is 131 Å². The number of carbonyl (C=O) groups excluding carboxylic acids is 1. The zero-order valence-electron chi connectivity index (χ0n) is 12.3. The van der Waals surface area contributed by atoms with Gasteiger partial charge >= 0.3 is 5.97 Å². The quantitative estimate of drug-likeness (QED) is 0.808. The van der Waals surface area contributed by atoms with E-state index >= 15 is 0 Å². The van der Waals surface area contributed by atoms with Gasteiger partial charge in [-0.05, 0) is 19.1 Å². The summed E-state index contributed by atoms with van der Waals surface area (Å²) in [4.78, 5) is 22.4. The SMILES string of the molecule is CC(CC(=O)O)NC(=O)c1cc(COc2ccccc2F)on1. The predicted octanol–water partition coefficient (Wildman–Crippen LogP) is 1.99. The molecule has 1 aromatic carbocycles. The van der Waals surface area contributed by atoms with Gasteiger partial charge in [-0.3, -0.25) is 9.59 Å². The Morgan fingerprint density at radius 2 is 2.17 bits per heavy atom. The van der Waals surface area contributed by atoms with Gasteiger partial charge in [-0.1, -0.05) is 17.3 Å². The second-order valence-corrected chi connectivity index (χ2v) is 4.87. The summed E-state index contributed by atoms with van der Waals surface area (Å²) in [7, 11) is 0. The fourth-order valence-corrected chi connectivity index (χ4v) is 1.81. The van der Waals surface area contributed by atoms with Crippen molar-refractivity contribution in [2.45, 2.75) is 26.0 Å². The number of carboxylic acid groups (broad SMARTS) is 1. The summed E-state index contributed by atoms with van der Waals surface area (Å²) < 4.78 is 23.6. The molecule has 0 aliphatic heterocycles. The van der Waals surface area contributed by atoms with Crippen molar-refractivity contribution in [1.29, 1.82) is 0 Å². The number of ether oxygens (including phenoxy) is 1. The number of benzene rings is 1. The molecule has 2 N–H and O–H groups in total. The third-order valence-corrected chi connectivity index (χ3v) is 2.86. The molecule has 1 unspecified atom stereocenters. The first kappa shape index (κ1) is 16.5. The van der Waals surface area contributed by atoms with Crippen molar-refractivity contribution in [3.63, 3.8) is 0 Å². The highest BCUT2D eigenvalue weighted by Gasteiger charge is 2.17. The highest BCUT2D eigenvalue weighted by Crippen LogP contribution is 2.17. The van der Waals surface area contributed by atoms with Crippen LogP contribution in [-0.4, -0.2) is 28.2 Å². The predicted molar refractivity (Wildman–Crippen MR) is 76.4 cm³/mol. The van der Waals surface area contributed by atoms with Crippen molar-refractivity contribution in [3.8, 4) is 5.75 Å². The Balaban J connectivity index is 1.91. The number of carbonyl (C=O) groups is 2. The summed E-state index contributed by atoms with van der Waals surface area (Å²) in [6, 6.07) is 6.70. The zero-order chi connectivity index (χ0) is 16.8. The molecular formula is C15H15FN2O5. The lowest BCUT2D eigenvalue weighted by Crippen LogP contribution is -2.34. The van der Waals surface area contributed by atoms with Crippen molar-refractivity contribution in [3.05, 3.63) is 47.6 Å². The lowest BCUT2D eigenvalue weighted by atomic mass is 10.2. The largest absolute Gasteiger partial charge is 0.482 e. The van der Waals surface area contributed by atoms with E-state index in [2.05, 4.69) is 10.5 Å². The highest BCUT2D eigenvalue weighted by atomic mass is 19.1. The van der Waals surface area contributed by atoms with E-state index in [0.717, 1.165) is 0 Å². The first-order valence-corrected chi connectivity index (χ1v) is 6.81. The third kappa shape index (κ3) is 4.80. The lowest BCUT2D eigenvalue weighted by molar-refractivity contribution is -0.137. The number of rotatable bonds is 7. The number of aromatic nitrogens is 1. The topological polar surface area (TPSA) is 102 Å². The maximum Gasteiger partial charge on any atom is 0.305 e. The number of aliphatic carboxylic acids is 1. The van der Waals surface area contributed by atoms with Gasteiger partial charge in [0.15, 0.2) is 23.0 Å². The van der Waals surface area contributed by atoms with Gasteiger partial charge in [-0.15, -0.1) is 0 Å². The first-order chi connectivity index (χ1) is 11.0. The number of nitrogens with one attached hydrogen (secondary N) is 1. The standard InChI is InChI=1S/C15H15FN2O5/c1-9(6-14(19)20)17-15(21)12-7-10(23-18-12)8-22-13-5-3-2-4-11(13)16/h2-5,7,9H,6,8H2,1H3,(H,17,21)(H,19,20). The molecule has 0 bridgehead atoms. The fourth-order valence-electron chi connectivity index (χ4n) is 1.81. The van der Waals surface area contributed by atoms with Crippen molar-refractivity contribution in [1.82, 2.24) is 10.5 Å². The molecule has 7 nitrogen and oxygen atoms in total. The van der Waals surface area contributed by atoms with Crippen LogP contribution in [0.25, 0.3) is 0 Å². The van der Waals surface area contributed by atoms with Gasteiger partial charge in [0.05, 0.1) is 6.42 Å².